The molecule has 0 saturated carbocycles. The van der Waals surface area contributed by atoms with Gasteiger partial charge < -0.3 is 15.7 Å². The molecule has 0 radical (unpaired) electrons. The number of likely N-dealkylation sites (tertiary alicyclic amines) is 1. The molecule has 4 nitrogen and oxygen atoms in total. The largest absolute Gasteiger partial charge is 0.388 e. The normalized spacial score (nSPS) is 17.1. The minimum atomic E-state index is -0.525. The molecule has 2 aromatic rings. The van der Waals surface area contributed by atoms with E-state index >= 15 is 0 Å². The average Bonchev–Trinajstić information content (AvgIpc) is 2.68. The molecule has 2 atom stereocenters. The zero-order valence-electron chi connectivity index (χ0n) is 15.1. The summed E-state index contributed by atoms with van der Waals surface area (Å²) in [5.74, 6) is 0.138. The third-order valence-electron chi connectivity index (χ3n) is 5.12. The molecule has 0 bridgehead atoms. The van der Waals surface area contributed by atoms with Crippen LogP contribution in [0, 0.1) is 5.92 Å². The number of nitrogens with zero attached hydrogens (tertiary/aromatic N) is 1. The quantitative estimate of drug-likeness (QED) is 0.793. The fourth-order valence-electron chi connectivity index (χ4n) is 3.56. The van der Waals surface area contributed by atoms with Gasteiger partial charge in [0.15, 0.2) is 0 Å². The van der Waals surface area contributed by atoms with Crippen molar-refractivity contribution < 1.29 is 9.90 Å². The predicted octanol–water partition coefficient (Wildman–Crippen LogP) is 3.60. The number of aliphatic hydroxyl groups is 1. The van der Waals surface area contributed by atoms with Gasteiger partial charge in [-0.25, -0.2) is 0 Å². The molecule has 1 unspecified atom stereocenters. The van der Waals surface area contributed by atoms with E-state index in [0.717, 1.165) is 24.0 Å². The zero-order valence-corrected chi connectivity index (χ0v) is 16.7. The number of benzene rings is 2. The third-order valence-corrected chi connectivity index (χ3v) is 5.38. The van der Waals surface area contributed by atoms with Crippen LogP contribution in [0.5, 0.6) is 0 Å². The molecule has 146 valence electrons. The molecule has 1 heterocycles. The van der Waals surface area contributed by atoms with E-state index in [1.807, 2.05) is 47.4 Å². The minimum Gasteiger partial charge on any atom is -0.388 e. The van der Waals surface area contributed by atoms with E-state index in [-0.39, 0.29) is 24.2 Å². The molecule has 27 heavy (non-hydrogen) atoms. The Bertz CT molecular complexity index is 717. The van der Waals surface area contributed by atoms with Gasteiger partial charge in [-0.1, -0.05) is 54.1 Å². The molecular weight excluding hydrogens is 383 g/mol. The Hall–Kier alpha value is -1.59. The van der Waals surface area contributed by atoms with Crippen molar-refractivity contribution in [3.63, 3.8) is 0 Å². The fourth-order valence-corrected chi connectivity index (χ4v) is 3.68. The van der Waals surface area contributed by atoms with E-state index < -0.39 is 12.1 Å². The maximum Gasteiger partial charge on any atom is 0.239 e. The van der Waals surface area contributed by atoms with Crippen molar-refractivity contribution in [1.82, 2.24) is 4.90 Å². The molecule has 1 aliphatic rings. The monoisotopic (exact) mass is 408 g/mol. The second kappa shape index (κ2) is 10.1. The molecule has 1 fully saturated rings. The molecule has 3 rings (SSSR count). The Morgan fingerprint density at radius 2 is 1.70 bits per heavy atom. The van der Waals surface area contributed by atoms with E-state index in [2.05, 4.69) is 0 Å². The number of hydrogen-bond acceptors (Lipinski definition) is 3. The Kier molecular flexibility index (Phi) is 8.11. The summed E-state index contributed by atoms with van der Waals surface area (Å²) in [6, 6.07) is 16.6. The number of aliphatic hydroxyl groups excluding tert-OH is 1. The lowest BCUT2D eigenvalue weighted by Gasteiger charge is -2.35. The van der Waals surface area contributed by atoms with Gasteiger partial charge in [-0.2, -0.15) is 0 Å². The van der Waals surface area contributed by atoms with Crippen LogP contribution in [-0.2, 0) is 11.2 Å². The van der Waals surface area contributed by atoms with Gasteiger partial charge in [-0.15, -0.1) is 12.4 Å². The number of piperidine rings is 1. The highest BCUT2D eigenvalue weighted by molar-refractivity contribution is 6.30. The van der Waals surface area contributed by atoms with Crippen LogP contribution in [-0.4, -0.2) is 35.0 Å². The number of halogens is 2. The average molecular weight is 409 g/mol. The summed E-state index contributed by atoms with van der Waals surface area (Å²) in [6.07, 6.45) is 1.57. The summed E-state index contributed by atoms with van der Waals surface area (Å²) in [5.41, 5.74) is 8.07. The first-order chi connectivity index (χ1) is 12.5. The van der Waals surface area contributed by atoms with Crippen molar-refractivity contribution in [2.75, 3.05) is 13.1 Å². The number of carbonyl (C=O) groups excluding carboxylic acids is 1. The molecule has 1 saturated heterocycles. The van der Waals surface area contributed by atoms with E-state index in [4.69, 9.17) is 17.3 Å². The zero-order chi connectivity index (χ0) is 18.5. The molecule has 0 aliphatic carbocycles. The van der Waals surface area contributed by atoms with Gasteiger partial charge in [0.05, 0.1) is 12.1 Å². The van der Waals surface area contributed by atoms with Crippen LogP contribution < -0.4 is 5.73 Å². The molecule has 0 aromatic heterocycles. The van der Waals surface area contributed by atoms with Crippen molar-refractivity contribution in [3.8, 4) is 0 Å². The van der Waals surface area contributed by atoms with Crippen molar-refractivity contribution >= 4 is 29.9 Å². The lowest BCUT2D eigenvalue weighted by atomic mass is 9.87. The van der Waals surface area contributed by atoms with Crippen LogP contribution in [0.15, 0.2) is 54.6 Å². The lowest BCUT2D eigenvalue weighted by molar-refractivity contribution is -0.134. The van der Waals surface area contributed by atoms with Crippen molar-refractivity contribution in [1.29, 1.82) is 0 Å². The van der Waals surface area contributed by atoms with Crippen LogP contribution in [0.4, 0.5) is 0 Å². The maximum atomic E-state index is 12.6. The van der Waals surface area contributed by atoms with Crippen molar-refractivity contribution in [2.24, 2.45) is 11.7 Å². The molecule has 1 aliphatic heterocycles. The van der Waals surface area contributed by atoms with Gasteiger partial charge in [0.2, 0.25) is 5.91 Å². The third kappa shape index (κ3) is 5.69. The van der Waals surface area contributed by atoms with E-state index in [0.29, 0.717) is 24.5 Å². The number of amides is 1. The SMILES string of the molecule is Cl.N[C@@H](Cc1ccccc1)C(=O)N1CCC(C(O)c2ccc(Cl)cc2)CC1. The summed E-state index contributed by atoms with van der Waals surface area (Å²) in [4.78, 5) is 14.4. The molecule has 2 aromatic carbocycles. The Balaban J connectivity index is 0.00000261. The number of hydrogen-bond donors (Lipinski definition) is 2. The smallest absolute Gasteiger partial charge is 0.239 e. The molecule has 6 heteroatoms. The summed E-state index contributed by atoms with van der Waals surface area (Å²) in [6.45, 7) is 1.27. The van der Waals surface area contributed by atoms with E-state index in [1.165, 1.54) is 0 Å². The second-order valence-corrected chi connectivity index (χ2v) is 7.39. The van der Waals surface area contributed by atoms with Crippen molar-refractivity contribution in [2.45, 2.75) is 31.4 Å². The van der Waals surface area contributed by atoms with Gasteiger partial charge in [-0.3, -0.25) is 4.79 Å². The first-order valence-corrected chi connectivity index (χ1v) is 9.44. The van der Waals surface area contributed by atoms with Crippen LogP contribution in [0.2, 0.25) is 5.02 Å². The van der Waals surface area contributed by atoms with Crippen molar-refractivity contribution in [3.05, 3.63) is 70.7 Å². The number of nitrogens with two attached hydrogens (primary N) is 1. The Morgan fingerprint density at radius 3 is 2.30 bits per heavy atom. The lowest BCUT2D eigenvalue weighted by Crippen LogP contribution is -2.48. The second-order valence-electron chi connectivity index (χ2n) is 6.96. The van der Waals surface area contributed by atoms with Gasteiger partial charge in [0.25, 0.3) is 0 Å². The topological polar surface area (TPSA) is 66.6 Å². The first-order valence-electron chi connectivity index (χ1n) is 9.06. The summed E-state index contributed by atoms with van der Waals surface area (Å²) in [5, 5.41) is 11.3. The van der Waals surface area contributed by atoms with Gasteiger partial charge in [0, 0.05) is 18.1 Å². The highest BCUT2D eigenvalue weighted by Gasteiger charge is 2.30. The van der Waals surface area contributed by atoms with E-state index in [9.17, 15) is 9.90 Å². The highest BCUT2D eigenvalue weighted by atomic mass is 35.5. The summed E-state index contributed by atoms with van der Waals surface area (Å²) < 4.78 is 0. The van der Waals surface area contributed by atoms with Crippen LogP contribution in [0.1, 0.15) is 30.1 Å². The van der Waals surface area contributed by atoms with E-state index in [1.54, 1.807) is 12.1 Å². The molecule has 3 N–H and O–H groups in total. The first kappa shape index (κ1) is 21.7. The number of rotatable bonds is 5. The van der Waals surface area contributed by atoms with Gasteiger partial charge in [0.1, 0.15) is 0 Å². The molecule has 1 amide bonds. The van der Waals surface area contributed by atoms with Crippen LogP contribution >= 0.6 is 24.0 Å². The fraction of sp³-hybridized carbons (Fsp3) is 0.381. The highest BCUT2D eigenvalue weighted by Crippen LogP contribution is 2.31. The van der Waals surface area contributed by atoms with Crippen LogP contribution in [0.25, 0.3) is 0 Å². The number of carbonyl (C=O) groups is 1. The standard InChI is InChI=1S/C21H25ClN2O2.ClH/c22-18-8-6-16(7-9-18)20(25)17-10-12-24(13-11-17)21(26)19(23)14-15-4-2-1-3-5-15;/h1-9,17,19-20,25H,10-14,23H2;1H/t19-,20?;/m0./s1. The Labute approximate surface area is 171 Å². The van der Waals surface area contributed by atoms with Gasteiger partial charge in [-0.05, 0) is 48.4 Å². The maximum absolute atomic E-state index is 12.6. The van der Waals surface area contributed by atoms with Gasteiger partial charge >= 0.3 is 0 Å². The van der Waals surface area contributed by atoms with Crippen LogP contribution in [0.3, 0.4) is 0 Å². The summed E-state index contributed by atoms with van der Waals surface area (Å²) in [7, 11) is 0. The minimum absolute atomic E-state index is 0. The summed E-state index contributed by atoms with van der Waals surface area (Å²) >= 11 is 5.91. The predicted molar refractivity (Wildman–Crippen MR) is 111 cm³/mol. The molecular formula is C21H26Cl2N2O2. The Morgan fingerprint density at radius 1 is 1.11 bits per heavy atom. The molecule has 0 spiro atoms.